The number of aromatic nitrogens is 4. The molecule has 3 fully saturated rings. The minimum absolute atomic E-state index is 0.132. The first-order chi connectivity index (χ1) is 26.5. The van der Waals surface area contributed by atoms with Gasteiger partial charge >= 0.3 is 6.09 Å². The smallest absolute Gasteiger partial charge is 0.410 e. The summed E-state index contributed by atoms with van der Waals surface area (Å²) in [5.74, 6) is 1.63. The zero-order valence-corrected chi connectivity index (χ0v) is 37.3. The number of hydrogen-bond acceptors (Lipinski definition) is 8. The molecule has 0 radical (unpaired) electrons. The van der Waals surface area contributed by atoms with Crippen LogP contribution in [0, 0.1) is 0 Å². The predicted molar refractivity (Wildman–Crippen MR) is 231 cm³/mol. The first kappa shape index (κ1) is 40.6. The SMILES string of the molecule is CC(C)(C)OC(=O)N1[C@@H]2CC[C@H]1C[C@@H](c1nc3c(-c4ccc(-c5ccccc5)nc4)cnn3c(N(COCC[Si](C)(C)C)COCC[Si](C)(C)C)c1C1CC1)C2. The average molecular weight is 797 g/mol. The van der Waals surface area contributed by atoms with Crippen molar-refractivity contribution in [1.82, 2.24) is 24.5 Å². The molecule has 12 heteroatoms. The third kappa shape index (κ3) is 9.74. The maximum absolute atomic E-state index is 13.5. The molecule has 56 heavy (non-hydrogen) atoms. The molecule has 3 aliphatic rings. The van der Waals surface area contributed by atoms with Gasteiger partial charge in [0.25, 0.3) is 0 Å². The van der Waals surface area contributed by atoms with E-state index in [1.807, 2.05) is 56.3 Å². The Balaban J connectivity index is 1.31. The van der Waals surface area contributed by atoms with Crippen molar-refractivity contribution in [1.29, 1.82) is 0 Å². The second-order valence-corrected chi connectivity index (χ2v) is 31.0. The molecular weight excluding hydrogens is 733 g/mol. The molecule has 2 bridgehead atoms. The Morgan fingerprint density at radius 3 is 1.96 bits per heavy atom. The van der Waals surface area contributed by atoms with Gasteiger partial charge in [0.2, 0.25) is 0 Å². The van der Waals surface area contributed by atoms with Crippen molar-refractivity contribution >= 4 is 33.7 Å². The number of hydrogen-bond donors (Lipinski definition) is 0. The Kier molecular flexibility index (Phi) is 11.9. The molecule has 3 atom stereocenters. The van der Waals surface area contributed by atoms with Crippen molar-refractivity contribution in [2.24, 2.45) is 0 Å². The molecular formula is C44H64N6O4Si2. The number of fused-ring (bicyclic) bond motifs is 3. The third-order valence-corrected chi connectivity index (χ3v) is 14.7. The molecule has 0 spiro atoms. The fourth-order valence-corrected chi connectivity index (χ4v) is 9.72. The quantitative estimate of drug-likeness (QED) is 0.0667. The number of anilines is 1. The highest BCUT2D eigenvalue weighted by molar-refractivity contribution is 6.76. The Morgan fingerprint density at radius 2 is 1.43 bits per heavy atom. The zero-order valence-electron chi connectivity index (χ0n) is 35.3. The van der Waals surface area contributed by atoms with Gasteiger partial charge in [0.1, 0.15) is 24.9 Å². The van der Waals surface area contributed by atoms with E-state index in [4.69, 9.17) is 29.3 Å². The number of nitrogens with zero attached hydrogens (tertiary/aromatic N) is 6. The van der Waals surface area contributed by atoms with Crippen molar-refractivity contribution < 1.29 is 19.0 Å². The van der Waals surface area contributed by atoms with Crippen LogP contribution in [0.5, 0.6) is 0 Å². The Labute approximate surface area is 336 Å². The lowest BCUT2D eigenvalue weighted by Crippen LogP contribution is -2.48. The zero-order chi connectivity index (χ0) is 39.8. The molecule has 1 amide bonds. The highest BCUT2D eigenvalue weighted by atomic mass is 28.3. The number of amides is 1. The molecule has 0 N–H and O–H groups in total. The van der Waals surface area contributed by atoms with Crippen molar-refractivity contribution in [2.45, 2.75) is 140 Å². The van der Waals surface area contributed by atoms with Crippen molar-refractivity contribution in [3.05, 3.63) is 66.1 Å². The summed E-state index contributed by atoms with van der Waals surface area (Å²) in [6.07, 6.45) is 9.69. The topological polar surface area (TPSA) is 94.3 Å². The molecule has 1 aliphatic carbocycles. The molecule has 1 saturated carbocycles. The standard InChI is InChI=1S/C44H64N6O4Si2/c1-44(2,3)54-43(51)49-35-18-19-36(49)26-34(25-35)40-39(32-15-16-32)42(48(29-52-21-23-55(4,5)6)30-53-22-24-56(7,8)9)50-41(47-40)37(28-46-50)33-17-20-38(45-27-33)31-13-11-10-12-14-31/h10-14,17,20,27-28,32,34-36H,15-16,18-19,21-26,29-30H2,1-9H3/t34-,35+,36-. The summed E-state index contributed by atoms with van der Waals surface area (Å²) >= 11 is 0. The maximum Gasteiger partial charge on any atom is 0.410 e. The second-order valence-electron chi connectivity index (χ2n) is 19.8. The van der Waals surface area contributed by atoms with E-state index in [2.05, 4.69) is 73.0 Å². The van der Waals surface area contributed by atoms with E-state index in [0.29, 0.717) is 19.4 Å². The van der Waals surface area contributed by atoms with Crippen LogP contribution in [0.1, 0.15) is 82.4 Å². The second kappa shape index (κ2) is 16.3. The predicted octanol–water partition coefficient (Wildman–Crippen LogP) is 10.4. The van der Waals surface area contributed by atoms with Crippen LogP contribution in [0.3, 0.4) is 0 Å². The van der Waals surface area contributed by atoms with E-state index in [1.165, 1.54) is 5.56 Å². The van der Waals surface area contributed by atoms with E-state index in [-0.39, 0.29) is 24.1 Å². The summed E-state index contributed by atoms with van der Waals surface area (Å²) in [6, 6.07) is 17.0. The summed E-state index contributed by atoms with van der Waals surface area (Å²) in [4.78, 5) is 28.4. The van der Waals surface area contributed by atoms with E-state index in [9.17, 15) is 4.79 Å². The number of carbonyl (C=O) groups is 1. The van der Waals surface area contributed by atoms with Gasteiger partial charge < -0.3 is 24.0 Å². The summed E-state index contributed by atoms with van der Waals surface area (Å²) in [5, 5.41) is 5.12. The molecule has 4 aromatic rings. The van der Waals surface area contributed by atoms with Gasteiger partial charge in [-0.2, -0.15) is 9.61 Å². The van der Waals surface area contributed by atoms with Crippen LogP contribution < -0.4 is 4.90 Å². The normalized spacial score (nSPS) is 20.2. The van der Waals surface area contributed by atoms with Gasteiger partial charge in [0.05, 0.1) is 17.6 Å². The van der Waals surface area contributed by atoms with Gasteiger partial charge in [-0.05, 0) is 83.4 Å². The first-order valence-electron chi connectivity index (χ1n) is 20.9. The van der Waals surface area contributed by atoms with Crippen LogP contribution >= 0.6 is 0 Å². The summed E-state index contributed by atoms with van der Waals surface area (Å²) in [6.45, 7) is 22.5. The lowest BCUT2D eigenvalue weighted by Gasteiger charge is -2.40. The van der Waals surface area contributed by atoms with Gasteiger partial charge in [-0.25, -0.2) is 9.78 Å². The molecule has 1 aromatic carbocycles. The number of benzene rings is 1. The molecule has 5 heterocycles. The third-order valence-electron chi connectivity index (χ3n) is 11.3. The Hall–Kier alpha value is -3.59. The fraction of sp³-hybridized carbons (Fsp3) is 0.591. The van der Waals surface area contributed by atoms with E-state index >= 15 is 0 Å². The minimum atomic E-state index is -1.29. The lowest BCUT2D eigenvalue weighted by atomic mass is 9.85. The van der Waals surface area contributed by atoms with Crippen LogP contribution in [0.4, 0.5) is 10.6 Å². The molecule has 3 aromatic heterocycles. The lowest BCUT2D eigenvalue weighted by molar-refractivity contribution is 0.00566. The van der Waals surface area contributed by atoms with Gasteiger partial charge in [-0.3, -0.25) is 4.98 Å². The van der Waals surface area contributed by atoms with Crippen LogP contribution in [0.15, 0.2) is 54.9 Å². The molecule has 2 saturated heterocycles. The van der Waals surface area contributed by atoms with Crippen LogP contribution in [-0.2, 0) is 14.2 Å². The number of rotatable bonds is 15. The van der Waals surface area contributed by atoms with Crippen molar-refractivity contribution in [3.8, 4) is 22.4 Å². The number of ether oxygens (including phenoxy) is 3. The van der Waals surface area contributed by atoms with Crippen LogP contribution in [-0.4, -0.2) is 91.1 Å². The molecule has 0 unspecified atom stereocenters. The summed E-state index contributed by atoms with van der Waals surface area (Å²) in [5.41, 5.74) is 6.68. The van der Waals surface area contributed by atoms with E-state index in [1.54, 1.807) is 0 Å². The fourth-order valence-electron chi connectivity index (χ4n) is 8.20. The van der Waals surface area contributed by atoms with Crippen molar-refractivity contribution in [2.75, 3.05) is 31.6 Å². The maximum atomic E-state index is 13.5. The highest BCUT2D eigenvalue weighted by Gasteiger charge is 2.47. The number of pyridine rings is 1. The monoisotopic (exact) mass is 796 g/mol. The average Bonchev–Trinajstić information content (AvgIpc) is 3.82. The molecule has 7 rings (SSSR count). The number of piperidine rings is 1. The first-order valence-corrected chi connectivity index (χ1v) is 28.3. The van der Waals surface area contributed by atoms with Crippen LogP contribution in [0.25, 0.3) is 28.0 Å². The van der Waals surface area contributed by atoms with E-state index in [0.717, 1.165) is 103 Å². The summed E-state index contributed by atoms with van der Waals surface area (Å²) in [7, 11) is -2.58. The molecule has 302 valence electrons. The van der Waals surface area contributed by atoms with Gasteiger partial charge in [-0.1, -0.05) is 75.7 Å². The molecule has 10 nitrogen and oxygen atoms in total. The van der Waals surface area contributed by atoms with Gasteiger partial charge in [0, 0.05) is 75.8 Å². The largest absolute Gasteiger partial charge is 0.444 e. The Morgan fingerprint density at radius 1 is 0.804 bits per heavy atom. The van der Waals surface area contributed by atoms with Gasteiger partial charge in [0.15, 0.2) is 5.65 Å². The van der Waals surface area contributed by atoms with Crippen molar-refractivity contribution in [3.63, 3.8) is 0 Å². The molecule has 2 aliphatic heterocycles. The highest BCUT2D eigenvalue weighted by Crippen LogP contribution is 2.52. The van der Waals surface area contributed by atoms with E-state index < -0.39 is 21.7 Å². The van der Waals surface area contributed by atoms with Gasteiger partial charge in [-0.15, -0.1) is 0 Å². The Bertz CT molecular complexity index is 1930. The number of carbonyl (C=O) groups excluding carboxylic acids is 1. The summed E-state index contributed by atoms with van der Waals surface area (Å²) < 4.78 is 21.1. The minimum Gasteiger partial charge on any atom is -0.444 e. The van der Waals surface area contributed by atoms with Crippen LogP contribution in [0.2, 0.25) is 51.4 Å².